The summed E-state index contributed by atoms with van der Waals surface area (Å²) in [7, 11) is 0. The fourth-order valence-corrected chi connectivity index (χ4v) is 3.42. The standard InChI is InChI=1S/C16H19ClN2S/c1-4-18-10-13-6-5-7-14(17)16(13)20-15-9-11(2)8-12(3)19-15/h5-9,18H,4,10H2,1-3H3. The predicted molar refractivity (Wildman–Crippen MR) is 86.7 cm³/mol. The minimum atomic E-state index is 0.784. The van der Waals surface area contributed by atoms with Gasteiger partial charge in [-0.1, -0.05) is 42.4 Å². The third kappa shape index (κ3) is 3.98. The molecule has 1 heterocycles. The van der Waals surface area contributed by atoms with Crippen molar-refractivity contribution in [2.24, 2.45) is 0 Å². The first-order valence-electron chi connectivity index (χ1n) is 6.71. The van der Waals surface area contributed by atoms with Gasteiger partial charge in [0.1, 0.15) is 5.03 Å². The van der Waals surface area contributed by atoms with Gasteiger partial charge in [-0.25, -0.2) is 4.98 Å². The van der Waals surface area contributed by atoms with Crippen LogP contribution in [0.2, 0.25) is 5.02 Å². The molecule has 20 heavy (non-hydrogen) atoms. The van der Waals surface area contributed by atoms with E-state index in [1.165, 1.54) is 11.1 Å². The van der Waals surface area contributed by atoms with Gasteiger partial charge in [0.05, 0.1) is 5.02 Å². The van der Waals surface area contributed by atoms with E-state index in [0.29, 0.717) is 0 Å². The van der Waals surface area contributed by atoms with Crippen molar-refractivity contribution in [3.63, 3.8) is 0 Å². The quantitative estimate of drug-likeness (QED) is 0.873. The zero-order valence-electron chi connectivity index (χ0n) is 12.0. The summed E-state index contributed by atoms with van der Waals surface area (Å²) < 4.78 is 0. The fraction of sp³-hybridized carbons (Fsp3) is 0.312. The highest BCUT2D eigenvalue weighted by Gasteiger charge is 2.10. The van der Waals surface area contributed by atoms with E-state index in [9.17, 15) is 0 Å². The van der Waals surface area contributed by atoms with Gasteiger partial charge in [-0.3, -0.25) is 0 Å². The third-order valence-corrected chi connectivity index (χ3v) is 4.43. The topological polar surface area (TPSA) is 24.9 Å². The lowest BCUT2D eigenvalue weighted by Gasteiger charge is -2.11. The van der Waals surface area contributed by atoms with Gasteiger partial charge in [-0.15, -0.1) is 0 Å². The van der Waals surface area contributed by atoms with Crippen molar-refractivity contribution in [3.05, 3.63) is 52.2 Å². The van der Waals surface area contributed by atoms with Crippen LogP contribution in [0.25, 0.3) is 0 Å². The number of aryl methyl sites for hydroxylation is 2. The van der Waals surface area contributed by atoms with Crippen molar-refractivity contribution < 1.29 is 0 Å². The fourth-order valence-electron chi connectivity index (χ4n) is 2.03. The molecule has 106 valence electrons. The number of nitrogens with zero attached hydrogens (tertiary/aromatic N) is 1. The van der Waals surface area contributed by atoms with Crippen molar-refractivity contribution in [1.82, 2.24) is 10.3 Å². The molecule has 0 aliphatic rings. The Morgan fingerprint density at radius 1 is 1.25 bits per heavy atom. The Morgan fingerprint density at radius 3 is 2.75 bits per heavy atom. The lowest BCUT2D eigenvalue weighted by atomic mass is 10.2. The van der Waals surface area contributed by atoms with E-state index in [1.54, 1.807) is 11.8 Å². The van der Waals surface area contributed by atoms with Gasteiger partial charge in [0.15, 0.2) is 0 Å². The first kappa shape index (κ1) is 15.4. The first-order valence-corrected chi connectivity index (χ1v) is 7.91. The molecule has 0 radical (unpaired) electrons. The average Bonchev–Trinajstić information content (AvgIpc) is 2.38. The highest BCUT2D eigenvalue weighted by molar-refractivity contribution is 7.99. The molecule has 0 aliphatic heterocycles. The van der Waals surface area contributed by atoms with Crippen LogP contribution in [0.15, 0.2) is 40.3 Å². The lowest BCUT2D eigenvalue weighted by Crippen LogP contribution is -2.12. The highest BCUT2D eigenvalue weighted by Crippen LogP contribution is 2.35. The number of halogens is 1. The highest BCUT2D eigenvalue weighted by atomic mass is 35.5. The number of hydrogen-bond acceptors (Lipinski definition) is 3. The van der Waals surface area contributed by atoms with Crippen LogP contribution in [0, 0.1) is 13.8 Å². The Balaban J connectivity index is 2.31. The summed E-state index contributed by atoms with van der Waals surface area (Å²) in [6.45, 7) is 7.97. The summed E-state index contributed by atoms with van der Waals surface area (Å²) >= 11 is 8.00. The average molecular weight is 307 g/mol. The van der Waals surface area contributed by atoms with Crippen molar-refractivity contribution in [1.29, 1.82) is 0 Å². The number of rotatable bonds is 5. The van der Waals surface area contributed by atoms with Gasteiger partial charge in [0, 0.05) is 17.1 Å². The van der Waals surface area contributed by atoms with Gasteiger partial charge in [-0.05, 0) is 49.7 Å². The van der Waals surface area contributed by atoms with Crippen LogP contribution < -0.4 is 5.32 Å². The zero-order valence-corrected chi connectivity index (χ0v) is 13.6. The second kappa shape index (κ2) is 7.11. The second-order valence-electron chi connectivity index (χ2n) is 4.73. The summed E-state index contributed by atoms with van der Waals surface area (Å²) in [5, 5.41) is 5.13. The largest absolute Gasteiger partial charge is 0.313 e. The van der Waals surface area contributed by atoms with Crippen LogP contribution in [-0.2, 0) is 6.54 Å². The van der Waals surface area contributed by atoms with Crippen LogP contribution in [0.4, 0.5) is 0 Å². The van der Waals surface area contributed by atoms with Gasteiger partial charge in [0.2, 0.25) is 0 Å². The van der Waals surface area contributed by atoms with Gasteiger partial charge < -0.3 is 5.32 Å². The molecule has 0 unspecified atom stereocenters. The van der Waals surface area contributed by atoms with Crippen LogP contribution >= 0.6 is 23.4 Å². The minimum Gasteiger partial charge on any atom is -0.313 e. The van der Waals surface area contributed by atoms with Crippen molar-refractivity contribution in [2.45, 2.75) is 37.2 Å². The molecule has 0 saturated carbocycles. The van der Waals surface area contributed by atoms with Crippen LogP contribution in [0.5, 0.6) is 0 Å². The maximum atomic E-state index is 6.36. The monoisotopic (exact) mass is 306 g/mol. The van der Waals surface area contributed by atoms with Crippen molar-refractivity contribution >= 4 is 23.4 Å². The van der Waals surface area contributed by atoms with Gasteiger partial charge >= 0.3 is 0 Å². The van der Waals surface area contributed by atoms with E-state index in [4.69, 9.17) is 11.6 Å². The Bertz CT molecular complexity index is 579. The molecule has 0 saturated heterocycles. The number of pyridine rings is 1. The molecule has 2 aromatic rings. The number of nitrogens with one attached hydrogen (secondary N) is 1. The van der Waals surface area contributed by atoms with E-state index in [2.05, 4.69) is 42.3 Å². The molecule has 2 nitrogen and oxygen atoms in total. The predicted octanol–water partition coefficient (Wildman–Crippen LogP) is 4.61. The molecular weight excluding hydrogens is 288 g/mol. The molecule has 0 amide bonds. The SMILES string of the molecule is CCNCc1cccc(Cl)c1Sc1cc(C)cc(C)n1. The summed E-state index contributed by atoms with van der Waals surface area (Å²) in [6, 6.07) is 10.2. The zero-order chi connectivity index (χ0) is 14.5. The molecule has 0 bridgehead atoms. The molecule has 0 atom stereocenters. The van der Waals surface area contributed by atoms with Crippen molar-refractivity contribution in [3.8, 4) is 0 Å². The minimum absolute atomic E-state index is 0.784. The van der Waals surface area contributed by atoms with Crippen LogP contribution in [0.3, 0.4) is 0 Å². The Kier molecular flexibility index (Phi) is 5.46. The molecule has 0 spiro atoms. The van der Waals surface area contributed by atoms with E-state index in [0.717, 1.165) is 33.7 Å². The number of benzene rings is 1. The normalized spacial score (nSPS) is 10.8. The Hall–Kier alpha value is -1.03. The van der Waals surface area contributed by atoms with E-state index in [1.807, 2.05) is 19.1 Å². The third-order valence-electron chi connectivity index (χ3n) is 2.89. The summed E-state index contributed by atoms with van der Waals surface area (Å²) in [5.41, 5.74) is 3.47. The summed E-state index contributed by atoms with van der Waals surface area (Å²) in [5.74, 6) is 0. The number of hydrogen-bond donors (Lipinski definition) is 1. The molecule has 1 aromatic carbocycles. The number of aromatic nitrogens is 1. The molecule has 4 heteroatoms. The molecule has 0 aliphatic carbocycles. The molecule has 0 fully saturated rings. The maximum Gasteiger partial charge on any atom is 0.101 e. The van der Waals surface area contributed by atoms with Gasteiger partial charge in [0.25, 0.3) is 0 Å². The molecular formula is C16H19ClN2S. The van der Waals surface area contributed by atoms with Crippen molar-refractivity contribution in [2.75, 3.05) is 6.54 Å². The summed E-state index contributed by atoms with van der Waals surface area (Å²) in [6.07, 6.45) is 0. The lowest BCUT2D eigenvalue weighted by molar-refractivity contribution is 0.718. The van der Waals surface area contributed by atoms with E-state index in [-0.39, 0.29) is 0 Å². The second-order valence-corrected chi connectivity index (χ2v) is 6.17. The van der Waals surface area contributed by atoms with Crippen LogP contribution in [-0.4, -0.2) is 11.5 Å². The molecule has 1 aromatic heterocycles. The molecule has 1 N–H and O–H groups in total. The first-order chi connectivity index (χ1) is 9.60. The van der Waals surface area contributed by atoms with Gasteiger partial charge in [-0.2, -0.15) is 0 Å². The smallest absolute Gasteiger partial charge is 0.101 e. The van der Waals surface area contributed by atoms with E-state index >= 15 is 0 Å². The summed E-state index contributed by atoms with van der Waals surface area (Å²) in [4.78, 5) is 5.67. The Morgan fingerprint density at radius 2 is 2.05 bits per heavy atom. The van der Waals surface area contributed by atoms with E-state index < -0.39 is 0 Å². The Labute approximate surface area is 130 Å². The van der Waals surface area contributed by atoms with Crippen LogP contribution in [0.1, 0.15) is 23.7 Å². The maximum absolute atomic E-state index is 6.36. The molecule has 2 rings (SSSR count).